The summed E-state index contributed by atoms with van der Waals surface area (Å²) >= 11 is 11.8. The number of hydrogen-bond acceptors (Lipinski definition) is 4. The molecule has 0 aromatic heterocycles. The Balaban J connectivity index is 1.52. The Morgan fingerprint density at radius 2 is 1.55 bits per heavy atom. The lowest BCUT2D eigenvalue weighted by molar-refractivity contribution is 0.0656. The zero-order chi connectivity index (χ0) is 22.1. The lowest BCUT2D eigenvalue weighted by Gasteiger charge is -2.13. The van der Waals surface area contributed by atoms with Crippen molar-refractivity contribution in [2.75, 3.05) is 11.9 Å². The van der Waals surface area contributed by atoms with Gasteiger partial charge < -0.3 is 10.4 Å². The lowest BCUT2D eigenvalue weighted by Crippen LogP contribution is -2.31. The summed E-state index contributed by atoms with van der Waals surface area (Å²) in [6.45, 7) is 0.252. The second kappa shape index (κ2) is 8.41. The molecule has 3 amide bonds. The molecule has 0 saturated heterocycles. The molecule has 3 aromatic rings. The molecule has 0 spiro atoms. The number of nitrogens with zero attached hydrogens (tertiary/aromatic N) is 1. The first-order valence-corrected chi connectivity index (χ1v) is 10.1. The molecule has 6 nitrogen and oxygen atoms in total. The molecule has 156 valence electrons. The number of phenolic OH excluding ortho intramolecular Hbond substituents is 1. The maximum Gasteiger partial charge on any atom is 0.261 e. The van der Waals surface area contributed by atoms with Crippen LogP contribution in [0.15, 0.2) is 60.7 Å². The van der Waals surface area contributed by atoms with Gasteiger partial charge in [0, 0.05) is 17.8 Å². The van der Waals surface area contributed by atoms with Gasteiger partial charge in [0.1, 0.15) is 0 Å². The van der Waals surface area contributed by atoms with Gasteiger partial charge in [-0.15, -0.1) is 0 Å². The van der Waals surface area contributed by atoms with E-state index < -0.39 is 11.8 Å². The van der Waals surface area contributed by atoms with Crippen LogP contribution in [0.2, 0.25) is 10.0 Å². The summed E-state index contributed by atoms with van der Waals surface area (Å²) < 4.78 is 0. The highest BCUT2D eigenvalue weighted by molar-refractivity contribution is 6.37. The minimum absolute atomic E-state index is 0.00779. The van der Waals surface area contributed by atoms with Crippen molar-refractivity contribution >= 4 is 46.6 Å². The molecular formula is C23H16Cl2N2O4. The Morgan fingerprint density at radius 1 is 0.903 bits per heavy atom. The molecule has 0 fully saturated rings. The van der Waals surface area contributed by atoms with E-state index in [1.165, 1.54) is 35.2 Å². The van der Waals surface area contributed by atoms with E-state index in [0.29, 0.717) is 6.42 Å². The largest absolute Gasteiger partial charge is 0.505 e. The van der Waals surface area contributed by atoms with Gasteiger partial charge in [0.05, 0.1) is 21.2 Å². The first-order chi connectivity index (χ1) is 14.8. The normalized spacial score (nSPS) is 12.8. The smallest absolute Gasteiger partial charge is 0.261 e. The van der Waals surface area contributed by atoms with E-state index in [0.717, 1.165) is 5.56 Å². The molecule has 0 radical (unpaired) electrons. The van der Waals surface area contributed by atoms with Crippen molar-refractivity contribution in [3.63, 3.8) is 0 Å². The number of nitrogens with one attached hydrogen (secondary N) is 1. The van der Waals surface area contributed by atoms with E-state index in [2.05, 4.69) is 5.32 Å². The summed E-state index contributed by atoms with van der Waals surface area (Å²) in [5.41, 5.74) is 1.96. The van der Waals surface area contributed by atoms with E-state index in [1.807, 2.05) is 30.3 Å². The van der Waals surface area contributed by atoms with Crippen LogP contribution in [0.5, 0.6) is 5.75 Å². The molecule has 0 bridgehead atoms. The standard InChI is InChI=1S/C23H16Cl2N2O4/c24-18-11-15(12-19(25)20(18)28)26-21(29)14-6-7-16-17(10-14)23(31)27(22(16)30)9-8-13-4-2-1-3-5-13/h1-7,10-12,28H,8-9H2,(H,26,29). The molecule has 0 unspecified atom stereocenters. The van der Waals surface area contributed by atoms with Gasteiger partial charge in [-0.05, 0) is 42.3 Å². The quantitative estimate of drug-likeness (QED) is 0.428. The second-order valence-corrected chi connectivity index (χ2v) is 7.81. The van der Waals surface area contributed by atoms with Crippen LogP contribution in [0.1, 0.15) is 36.6 Å². The fraction of sp³-hybridized carbons (Fsp3) is 0.0870. The van der Waals surface area contributed by atoms with Gasteiger partial charge in [-0.1, -0.05) is 53.5 Å². The van der Waals surface area contributed by atoms with Gasteiger partial charge in [0.2, 0.25) is 0 Å². The van der Waals surface area contributed by atoms with Gasteiger partial charge in [0.15, 0.2) is 5.75 Å². The number of aromatic hydroxyl groups is 1. The molecular weight excluding hydrogens is 439 g/mol. The van der Waals surface area contributed by atoms with Crippen molar-refractivity contribution < 1.29 is 19.5 Å². The van der Waals surface area contributed by atoms with Gasteiger partial charge in [-0.25, -0.2) is 0 Å². The van der Waals surface area contributed by atoms with E-state index >= 15 is 0 Å². The number of fused-ring (bicyclic) bond motifs is 1. The Kier molecular flexibility index (Phi) is 5.67. The minimum atomic E-state index is -0.511. The average Bonchev–Trinajstić information content (AvgIpc) is 3.00. The van der Waals surface area contributed by atoms with Crippen LogP contribution in [0, 0.1) is 0 Å². The highest BCUT2D eigenvalue weighted by atomic mass is 35.5. The molecule has 1 aliphatic heterocycles. The third-order valence-electron chi connectivity index (χ3n) is 4.97. The maximum atomic E-state index is 12.8. The number of rotatable bonds is 5. The highest BCUT2D eigenvalue weighted by Gasteiger charge is 2.35. The molecule has 1 heterocycles. The van der Waals surface area contributed by atoms with Gasteiger partial charge in [-0.3, -0.25) is 19.3 Å². The van der Waals surface area contributed by atoms with Crippen LogP contribution < -0.4 is 5.32 Å². The third-order valence-corrected chi connectivity index (χ3v) is 5.55. The fourth-order valence-electron chi connectivity index (χ4n) is 3.36. The van der Waals surface area contributed by atoms with Crippen LogP contribution in [0.4, 0.5) is 5.69 Å². The molecule has 0 atom stereocenters. The molecule has 1 aliphatic rings. The average molecular weight is 455 g/mol. The Morgan fingerprint density at radius 3 is 2.23 bits per heavy atom. The van der Waals surface area contributed by atoms with E-state index in [-0.39, 0.29) is 50.6 Å². The highest BCUT2D eigenvalue weighted by Crippen LogP contribution is 2.35. The number of amides is 3. The summed E-state index contributed by atoms with van der Waals surface area (Å²) in [6.07, 6.45) is 0.544. The van der Waals surface area contributed by atoms with Crippen LogP contribution in [0.3, 0.4) is 0 Å². The van der Waals surface area contributed by atoms with Crippen molar-refractivity contribution in [2.24, 2.45) is 0 Å². The second-order valence-electron chi connectivity index (χ2n) is 7.00. The number of benzene rings is 3. The number of anilines is 1. The number of phenols is 1. The van der Waals surface area contributed by atoms with Crippen LogP contribution in [-0.2, 0) is 6.42 Å². The van der Waals surface area contributed by atoms with E-state index in [1.54, 1.807) is 0 Å². The molecule has 4 rings (SSSR count). The van der Waals surface area contributed by atoms with Crippen molar-refractivity contribution in [2.45, 2.75) is 6.42 Å². The molecule has 3 aromatic carbocycles. The lowest BCUT2D eigenvalue weighted by atomic mass is 10.1. The predicted octanol–water partition coefficient (Wildman–Crippen LogP) is 4.79. The Hall–Kier alpha value is -3.35. The zero-order valence-electron chi connectivity index (χ0n) is 16.1. The Bertz CT molecular complexity index is 1190. The molecule has 8 heteroatoms. The van der Waals surface area contributed by atoms with Crippen molar-refractivity contribution in [1.29, 1.82) is 0 Å². The van der Waals surface area contributed by atoms with Gasteiger partial charge in [0.25, 0.3) is 17.7 Å². The maximum absolute atomic E-state index is 12.8. The van der Waals surface area contributed by atoms with Gasteiger partial charge in [-0.2, -0.15) is 0 Å². The number of carbonyl (C=O) groups excluding carboxylic acids is 3. The van der Waals surface area contributed by atoms with Crippen molar-refractivity contribution in [1.82, 2.24) is 4.90 Å². The summed E-state index contributed by atoms with van der Waals surface area (Å²) in [5, 5.41) is 12.2. The van der Waals surface area contributed by atoms with E-state index in [9.17, 15) is 19.5 Å². The van der Waals surface area contributed by atoms with Gasteiger partial charge >= 0.3 is 0 Å². The van der Waals surface area contributed by atoms with Crippen LogP contribution in [-0.4, -0.2) is 34.3 Å². The van der Waals surface area contributed by atoms with Crippen LogP contribution in [0.25, 0.3) is 0 Å². The van der Waals surface area contributed by atoms with Crippen molar-refractivity contribution in [3.05, 3.63) is 93.0 Å². The predicted molar refractivity (Wildman–Crippen MR) is 118 cm³/mol. The summed E-state index contributed by atoms with van der Waals surface area (Å²) in [4.78, 5) is 39.3. The van der Waals surface area contributed by atoms with Crippen LogP contribution >= 0.6 is 23.2 Å². The summed E-state index contributed by atoms with van der Waals surface area (Å²) in [6, 6.07) is 16.6. The fourth-order valence-corrected chi connectivity index (χ4v) is 3.85. The monoisotopic (exact) mass is 454 g/mol. The van der Waals surface area contributed by atoms with Crippen molar-refractivity contribution in [3.8, 4) is 5.75 Å². The summed E-state index contributed by atoms with van der Waals surface area (Å²) in [5.74, 6) is -1.59. The molecule has 0 saturated carbocycles. The number of hydrogen-bond donors (Lipinski definition) is 2. The number of carbonyl (C=O) groups is 3. The minimum Gasteiger partial charge on any atom is -0.505 e. The van der Waals surface area contributed by atoms with E-state index in [4.69, 9.17) is 23.2 Å². The number of halogens is 2. The topological polar surface area (TPSA) is 86.7 Å². The third kappa shape index (κ3) is 4.13. The molecule has 31 heavy (non-hydrogen) atoms. The molecule has 0 aliphatic carbocycles. The first kappa shape index (κ1) is 20.9. The molecule has 2 N–H and O–H groups in total. The number of imide groups is 1. The zero-order valence-corrected chi connectivity index (χ0v) is 17.6. The SMILES string of the molecule is O=C(Nc1cc(Cl)c(O)c(Cl)c1)c1ccc2c(c1)C(=O)N(CCc1ccccc1)C2=O. The summed E-state index contributed by atoms with van der Waals surface area (Å²) in [7, 11) is 0. The Labute approximate surface area is 188 Å². The first-order valence-electron chi connectivity index (χ1n) is 9.38.